The number of imidazole rings is 1. The van der Waals surface area contributed by atoms with Gasteiger partial charge in [-0.05, 0) is 25.0 Å². The lowest BCUT2D eigenvalue weighted by Crippen LogP contribution is -2.37. The summed E-state index contributed by atoms with van der Waals surface area (Å²) in [5.41, 5.74) is 1.97. The number of benzene rings is 1. The number of hydrogen-bond donors (Lipinski definition) is 0. The number of aromatic nitrogens is 3. The van der Waals surface area contributed by atoms with Gasteiger partial charge in [0.1, 0.15) is 6.04 Å². The largest absolute Gasteiger partial charge is 0.467 e. The van der Waals surface area contributed by atoms with E-state index < -0.39 is 0 Å². The van der Waals surface area contributed by atoms with Crippen LogP contribution in [-0.2, 0) is 9.53 Å². The summed E-state index contributed by atoms with van der Waals surface area (Å²) in [6.07, 6.45) is 1.77. The molecular formula is C14H14N4O2S. The highest BCUT2D eigenvalue weighted by Gasteiger charge is 2.34. The Bertz CT molecular complexity index is 825. The van der Waals surface area contributed by atoms with E-state index >= 15 is 0 Å². The van der Waals surface area contributed by atoms with Crippen LogP contribution in [0.2, 0.25) is 0 Å². The van der Waals surface area contributed by atoms with Crippen molar-refractivity contribution in [1.29, 1.82) is 0 Å². The predicted octanol–water partition coefficient (Wildman–Crippen LogP) is 2.09. The highest BCUT2D eigenvalue weighted by Crippen LogP contribution is 2.30. The fourth-order valence-corrected chi connectivity index (χ4v) is 3.70. The summed E-state index contributed by atoms with van der Waals surface area (Å²) in [6, 6.07) is 7.72. The van der Waals surface area contributed by atoms with Crippen molar-refractivity contribution in [3.63, 3.8) is 0 Å². The second kappa shape index (κ2) is 4.70. The van der Waals surface area contributed by atoms with E-state index in [1.165, 1.54) is 18.6 Å². The van der Waals surface area contributed by atoms with Gasteiger partial charge in [0.25, 0.3) is 0 Å². The lowest BCUT2D eigenvalue weighted by atomic mass is 10.2. The molecule has 1 saturated heterocycles. The average Bonchev–Trinajstić information content (AvgIpc) is 3.20. The van der Waals surface area contributed by atoms with E-state index in [4.69, 9.17) is 4.74 Å². The summed E-state index contributed by atoms with van der Waals surface area (Å²) in [5, 5.41) is 0. The molecular weight excluding hydrogens is 288 g/mol. The maximum absolute atomic E-state index is 11.9. The molecule has 0 aliphatic carbocycles. The molecule has 0 saturated carbocycles. The van der Waals surface area contributed by atoms with E-state index in [2.05, 4.69) is 9.36 Å². The third kappa shape index (κ3) is 1.80. The van der Waals surface area contributed by atoms with Crippen molar-refractivity contribution >= 4 is 39.4 Å². The van der Waals surface area contributed by atoms with Gasteiger partial charge < -0.3 is 9.64 Å². The number of carbonyl (C=O) groups is 1. The lowest BCUT2D eigenvalue weighted by molar-refractivity contribution is -0.141. The number of carbonyl (C=O) groups excluding carboxylic acids is 1. The van der Waals surface area contributed by atoms with Crippen LogP contribution >= 0.6 is 11.5 Å². The van der Waals surface area contributed by atoms with Crippen LogP contribution in [0.15, 0.2) is 24.3 Å². The quantitative estimate of drug-likeness (QED) is 0.678. The first-order chi connectivity index (χ1) is 10.3. The van der Waals surface area contributed by atoms with Crippen LogP contribution < -0.4 is 4.90 Å². The smallest absolute Gasteiger partial charge is 0.328 e. The standard InChI is InChI=1S/C14H14N4O2S/c1-20-12(19)11-7-4-8-17(11)13-16-21-14-15-9-5-2-3-6-10(9)18(13)14/h2-3,5-6,11H,4,7-8H2,1H3/t11-/m0/s1. The Hall–Kier alpha value is -2.15. The van der Waals surface area contributed by atoms with E-state index in [1.807, 2.05) is 33.6 Å². The van der Waals surface area contributed by atoms with Gasteiger partial charge in [0.2, 0.25) is 10.9 Å². The summed E-state index contributed by atoms with van der Waals surface area (Å²) in [4.78, 5) is 19.4. The second-order valence-corrected chi connectivity index (χ2v) is 5.81. The van der Waals surface area contributed by atoms with Crippen LogP contribution in [0.1, 0.15) is 12.8 Å². The molecule has 4 rings (SSSR count). The number of anilines is 1. The Balaban J connectivity index is 1.88. The molecule has 0 spiro atoms. The molecule has 108 valence electrons. The molecule has 0 N–H and O–H groups in total. The maximum atomic E-state index is 11.9. The normalized spacial score (nSPS) is 18.7. The zero-order valence-electron chi connectivity index (χ0n) is 11.5. The number of nitrogens with zero attached hydrogens (tertiary/aromatic N) is 4. The summed E-state index contributed by atoms with van der Waals surface area (Å²) in [5.74, 6) is 0.592. The van der Waals surface area contributed by atoms with E-state index in [-0.39, 0.29) is 12.0 Å². The van der Waals surface area contributed by atoms with Gasteiger partial charge in [0, 0.05) is 18.1 Å². The van der Waals surface area contributed by atoms with Crippen LogP contribution in [0.3, 0.4) is 0 Å². The van der Waals surface area contributed by atoms with E-state index in [1.54, 1.807) is 0 Å². The number of esters is 1. The average molecular weight is 302 g/mol. The van der Waals surface area contributed by atoms with Gasteiger partial charge in [-0.25, -0.2) is 9.78 Å². The Kier molecular flexibility index (Phi) is 2.81. The number of ether oxygens (including phenoxy) is 1. The van der Waals surface area contributed by atoms with Gasteiger partial charge in [-0.3, -0.25) is 4.40 Å². The van der Waals surface area contributed by atoms with Crippen LogP contribution in [0, 0.1) is 0 Å². The zero-order chi connectivity index (χ0) is 14.4. The Morgan fingerprint density at radius 2 is 2.29 bits per heavy atom. The fourth-order valence-electron chi connectivity index (χ4n) is 2.95. The van der Waals surface area contributed by atoms with E-state index in [0.29, 0.717) is 0 Å². The van der Waals surface area contributed by atoms with Gasteiger partial charge in [-0.1, -0.05) is 12.1 Å². The first-order valence-corrected chi connectivity index (χ1v) is 7.64. The molecule has 0 unspecified atom stereocenters. The zero-order valence-corrected chi connectivity index (χ0v) is 12.3. The number of para-hydroxylation sites is 2. The van der Waals surface area contributed by atoms with Gasteiger partial charge in [-0.15, -0.1) is 0 Å². The molecule has 0 bridgehead atoms. The van der Waals surface area contributed by atoms with Crippen LogP contribution in [0.25, 0.3) is 16.0 Å². The maximum Gasteiger partial charge on any atom is 0.328 e. The van der Waals surface area contributed by atoms with Crippen molar-refractivity contribution in [2.45, 2.75) is 18.9 Å². The molecule has 21 heavy (non-hydrogen) atoms. The first-order valence-electron chi connectivity index (χ1n) is 6.87. The number of rotatable bonds is 2. The lowest BCUT2D eigenvalue weighted by Gasteiger charge is -2.22. The SMILES string of the molecule is COC(=O)[C@@H]1CCCN1c1nsc2nc3ccccc3n12. The summed E-state index contributed by atoms with van der Waals surface area (Å²) in [7, 11) is 1.43. The summed E-state index contributed by atoms with van der Waals surface area (Å²) in [6.45, 7) is 0.811. The fraction of sp³-hybridized carbons (Fsp3) is 0.357. The molecule has 1 aromatic carbocycles. The van der Waals surface area contributed by atoms with Crippen molar-refractivity contribution < 1.29 is 9.53 Å². The van der Waals surface area contributed by atoms with Crippen molar-refractivity contribution in [2.24, 2.45) is 0 Å². The molecule has 7 heteroatoms. The van der Waals surface area contributed by atoms with E-state index in [0.717, 1.165) is 41.3 Å². The highest BCUT2D eigenvalue weighted by atomic mass is 32.1. The minimum atomic E-state index is -0.249. The molecule has 3 aromatic rings. The van der Waals surface area contributed by atoms with Gasteiger partial charge >= 0.3 is 5.97 Å². The topological polar surface area (TPSA) is 59.7 Å². The highest BCUT2D eigenvalue weighted by molar-refractivity contribution is 7.11. The summed E-state index contributed by atoms with van der Waals surface area (Å²) < 4.78 is 11.5. The second-order valence-electron chi connectivity index (χ2n) is 5.08. The Morgan fingerprint density at radius 3 is 3.14 bits per heavy atom. The minimum absolute atomic E-state index is 0.196. The minimum Gasteiger partial charge on any atom is -0.467 e. The predicted molar refractivity (Wildman–Crippen MR) is 80.8 cm³/mol. The molecule has 2 aromatic heterocycles. The number of hydrogen-bond acceptors (Lipinski definition) is 6. The Morgan fingerprint density at radius 1 is 1.43 bits per heavy atom. The molecule has 1 atom stereocenters. The molecule has 1 aliphatic heterocycles. The van der Waals surface area contributed by atoms with Crippen molar-refractivity contribution in [3.8, 4) is 0 Å². The molecule has 1 fully saturated rings. The Labute approximate surface area is 125 Å². The van der Waals surface area contributed by atoms with Crippen molar-refractivity contribution in [3.05, 3.63) is 24.3 Å². The van der Waals surface area contributed by atoms with E-state index in [9.17, 15) is 4.79 Å². The molecule has 3 heterocycles. The molecule has 0 radical (unpaired) electrons. The third-order valence-electron chi connectivity index (χ3n) is 3.92. The van der Waals surface area contributed by atoms with Crippen LogP contribution in [0.5, 0.6) is 0 Å². The number of methoxy groups -OCH3 is 1. The van der Waals surface area contributed by atoms with Gasteiger partial charge in [-0.2, -0.15) is 4.37 Å². The molecule has 0 amide bonds. The first kappa shape index (κ1) is 12.6. The molecule has 6 nitrogen and oxygen atoms in total. The third-order valence-corrected chi connectivity index (χ3v) is 4.61. The van der Waals surface area contributed by atoms with Crippen LogP contribution in [0.4, 0.5) is 5.95 Å². The number of fused-ring (bicyclic) bond motifs is 3. The van der Waals surface area contributed by atoms with Gasteiger partial charge in [0.15, 0.2) is 0 Å². The monoisotopic (exact) mass is 302 g/mol. The molecule has 1 aliphatic rings. The van der Waals surface area contributed by atoms with Crippen molar-refractivity contribution in [2.75, 3.05) is 18.6 Å². The summed E-state index contributed by atoms with van der Waals surface area (Å²) >= 11 is 1.36. The van der Waals surface area contributed by atoms with Crippen LogP contribution in [-0.4, -0.2) is 39.4 Å². The van der Waals surface area contributed by atoms with Gasteiger partial charge in [0.05, 0.1) is 18.1 Å². The van der Waals surface area contributed by atoms with Crippen molar-refractivity contribution in [1.82, 2.24) is 13.8 Å².